The summed E-state index contributed by atoms with van der Waals surface area (Å²) in [4.78, 5) is 0. The van der Waals surface area contributed by atoms with Crippen LogP contribution in [0.3, 0.4) is 0 Å². The van der Waals surface area contributed by atoms with Crippen molar-refractivity contribution in [1.82, 2.24) is 10.2 Å². The number of anilines is 2. The maximum absolute atomic E-state index is 5.83. The second kappa shape index (κ2) is 3.90. The molecule has 0 aliphatic heterocycles. The summed E-state index contributed by atoms with van der Waals surface area (Å²) in [7, 11) is 0. The quantitative estimate of drug-likeness (QED) is 0.826. The molecule has 0 unspecified atom stereocenters. The number of nitrogens with one attached hydrogen (secondary N) is 2. The van der Waals surface area contributed by atoms with Crippen molar-refractivity contribution in [3.63, 3.8) is 0 Å². The summed E-state index contributed by atoms with van der Waals surface area (Å²) in [6, 6.07) is 9.61. The molecule has 0 bridgehead atoms. The van der Waals surface area contributed by atoms with Crippen LogP contribution in [0.1, 0.15) is 0 Å². The third-order valence-electron chi connectivity index (χ3n) is 1.72. The number of hydrogen-bond donors (Lipinski definition) is 2. The SMILES string of the molecule is Clc1n[nH]c(Cl)c1Nc1ccccc1. The molecular weight excluding hydrogens is 221 g/mol. The third-order valence-corrected chi connectivity index (χ3v) is 2.27. The summed E-state index contributed by atoms with van der Waals surface area (Å²) < 4.78 is 0. The number of halogens is 2. The molecule has 0 aliphatic carbocycles. The third kappa shape index (κ3) is 1.84. The highest BCUT2D eigenvalue weighted by Gasteiger charge is 2.08. The Morgan fingerprint density at radius 3 is 2.43 bits per heavy atom. The number of benzene rings is 1. The predicted molar refractivity (Wildman–Crippen MR) is 58.3 cm³/mol. The highest BCUT2D eigenvalue weighted by Crippen LogP contribution is 2.29. The number of hydrogen-bond acceptors (Lipinski definition) is 2. The van der Waals surface area contributed by atoms with Crippen molar-refractivity contribution in [2.24, 2.45) is 0 Å². The van der Waals surface area contributed by atoms with E-state index in [9.17, 15) is 0 Å². The van der Waals surface area contributed by atoms with E-state index in [1.807, 2.05) is 30.3 Å². The van der Waals surface area contributed by atoms with Crippen LogP contribution in [0.2, 0.25) is 10.3 Å². The first-order valence-corrected chi connectivity index (χ1v) is 4.74. The van der Waals surface area contributed by atoms with Gasteiger partial charge in [-0.3, -0.25) is 5.10 Å². The molecule has 5 heteroatoms. The van der Waals surface area contributed by atoms with E-state index in [0.717, 1.165) is 5.69 Å². The van der Waals surface area contributed by atoms with Crippen LogP contribution in [0, 0.1) is 0 Å². The number of para-hydroxylation sites is 1. The lowest BCUT2D eigenvalue weighted by Crippen LogP contribution is -1.88. The molecule has 72 valence electrons. The maximum Gasteiger partial charge on any atom is 0.175 e. The second-order valence-electron chi connectivity index (χ2n) is 2.69. The molecule has 2 aromatic rings. The second-order valence-corrected chi connectivity index (χ2v) is 3.43. The fourth-order valence-electron chi connectivity index (χ4n) is 1.07. The molecule has 14 heavy (non-hydrogen) atoms. The Labute approximate surface area is 91.0 Å². The predicted octanol–water partition coefficient (Wildman–Crippen LogP) is 3.46. The van der Waals surface area contributed by atoms with Crippen LogP contribution in [0.25, 0.3) is 0 Å². The average molecular weight is 228 g/mol. The zero-order chi connectivity index (χ0) is 9.97. The molecular formula is C9H7Cl2N3. The van der Waals surface area contributed by atoms with E-state index >= 15 is 0 Å². The summed E-state index contributed by atoms with van der Waals surface area (Å²) in [6.45, 7) is 0. The molecule has 0 atom stereocenters. The van der Waals surface area contributed by atoms with Gasteiger partial charge < -0.3 is 5.32 Å². The van der Waals surface area contributed by atoms with Gasteiger partial charge in [0.15, 0.2) is 5.15 Å². The van der Waals surface area contributed by atoms with Crippen molar-refractivity contribution in [3.05, 3.63) is 40.6 Å². The highest BCUT2D eigenvalue weighted by molar-refractivity contribution is 6.38. The Morgan fingerprint density at radius 1 is 1.14 bits per heavy atom. The summed E-state index contributed by atoms with van der Waals surface area (Å²) in [6.07, 6.45) is 0. The summed E-state index contributed by atoms with van der Waals surface area (Å²) >= 11 is 11.6. The average Bonchev–Trinajstić information content (AvgIpc) is 2.51. The number of nitrogens with zero attached hydrogens (tertiary/aromatic N) is 1. The first kappa shape index (κ1) is 9.37. The van der Waals surface area contributed by atoms with Gasteiger partial charge in [-0.1, -0.05) is 41.4 Å². The van der Waals surface area contributed by atoms with E-state index in [2.05, 4.69) is 15.5 Å². The van der Waals surface area contributed by atoms with Crippen LogP contribution in [-0.4, -0.2) is 10.2 Å². The molecule has 1 heterocycles. The lowest BCUT2D eigenvalue weighted by atomic mass is 10.3. The van der Waals surface area contributed by atoms with Crippen LogP contribution in [0.15, 0.2) is 30.3 Å². The monoisotopic (exact) mass is 227 g/mol. The van der Waals surface area contributed by atoms with Crippen LogP contribution < -0.4 is 5.32 Å². The molecule has 2 rings (SSSR count). The summed E-state index contributed by atoms with van der Waals surface area (Å²) in [5.41, 5.74) is 1.51. The molecule has 2 N–H and O–H groups in total. The first-order chi connectivity index (χ1) is 6.77. The molecule has 3 nitrogen and oxygen atoms in total. The van der Waals surface area contributed by atoms with Crippen molar-refractivity contribution in [2.45, 2.75) is 0 Å². The topological polar surface area (TPSA) is 40.7 Å². The molecule has 0 amide bonds. The number of aromatic amines is 1. The van der Waals surface area contributed by atoms with E-state index < -0.39 is 0 Å². The summed E-state index contributed by atoms with van der Waals surface area (Å²) in [5.74, 6) is 0. The number of aromatic nitrogens is 2. The zero-order valence-electron chi connectivity index (χ0n) is 7.09. The minimum atomic E-state index is 0.332. The van der Waals surface area contributed by atoms with E-state index in [4.69, 9.17) is 23.2 Å². The fraction of sp³-hybridized carbons (Fsp3) is 0. The van der Waals surface area contributed by atoms with Crippen molar-refractivity contribution < 1.29 is 0 Å². The van der Waals surface area contributed by atoms with Crippen LogP contribution in [0.5, 0.6) is 0 Å². The van der Waals surface area contributed by atoms with Gasteiger partial charge in [0.1, 0.15) is 10.8 Å². The van der Waals surface area contributed by atoms with Gasteiger partial charge in [-0.2, -0.15) is 5.10 Å². The lowest BCUT2D eigenvalue weighted by Gasteiger charge is -2.03. The van der Waals surface area contributed by atoms with E-state index in [1.165, 1.54) is 0 Å². The van der Waals surface area contributed by atoms with Gasteiger partial charge in [0.05, 0.1) is 0 Å². The van der Waals surface area contributed by atoms with Crippen molar-refractivity contribution in [2.75, 3.05) is 5.32 Å². The standard InChI is InChI=1S/C9H7Cl2N3/c10-8-7(9(11)14-13-8)12-6-4-2-1-3-5-6/h1-5,12H,(H,13,14). The van der Waals surface area contributed by atoms with E-state index in [0.29, 0.717) is 16.0 Å². The highest BCUT2D eigenvalue weighted by atomic mass is 35.5. The smallest absolute Gasteiger partial charge is 0.175 e. The Hall–Kier alpha value is -1.19. The lowest BCUT2D eigenvalue weighted by molar-refractivity contribution is 1.09. The van der Waals surface area contributed by atoms with Crippen LogP contribution >= 0.6 is 23.2 Å². The molecule has 0 fully saturated rings. The van der Waals surface area contributed by atoms with Crippen molar-refractivity contribution in [1.29, 1.82) is 0 Å². The Morgan fingerprint density at radius 2 is 1.86 bits per heavy atom. The van der Waals surface area contributed by atoms with E-state index in [1.54, 1.807) is 0 Å². The molecule has 0 saturated carbocycles. The molecule has 1 aromatic carbocycles. The Kier molecular flexibility index (Phi) is 2.61. The molecule has 1 aromatic heterocycles. The fourth-order valence-corrected chi connectivity index (χ4v) is 1.48. The van der Waals surface area contributed by atoms with Gasteiger partial charge in [0, 0.05) is 5.69 Å². The number of H-pyrrole nitrogens is 1. The minimum absolute atomic E-state index is 0.332. The molecule has 0 aliphatic rings. The molecule has 0 spiro atoms. The Bertz CT molecular complexity index is 405. The first-order valence-electron chi connectivity index (χ1n) is 3.99. The van der Waals surface area contributed by atoms with Crippen LogP contribution in [0.4, 0.5) is 11.4 Å². The van der Waals surface area contributed by atoms with Crippen molar-refractivity contribution in [3.8, 4) is 0 Å². The normalized spacial score (nSPS) is 10.1. The van der Waals surface area contributed by atoms with Gasteiger partial charge in [-0.15, -0.1) is 0 Å². The van der Waals surface area contributed by atoms with Gasteiger partial charge in [0.25, 0.3) is 0 Å². The molecule has 0 saturated heterocycles. The zero-order valence-corrected chi connectivity index (χ0v) is 8.60. The minimum Gasteiger partial charge on any atom is -0.350 e. The van der Waals surface area contributed by atoms with Gasteiger partial charge in [-0.25, -0.2) is 0 Å². The largest absolute Gasteiger partial charge is 0.350 e. The number of rotatable bonds is 2. The molecule has 0 radical (unpaired) electrons. The van der Waals surface area contributed by atoms with Gasteiger partial charge >= 0.3 is 0 Å². The van der Waals surface area contributed by atoms with E-state index in [-0.39, 0.29) is 0 Å². The van der Waals surface area contributed by atoms with Crippen molar-refractivity contribution >= 4 is 34.6 Å². The maximum atomic E-state index is 5.83. The van der Waals surface area contributed by atoms with Crippen LogP contribution in [-0.2, 0) is 0 Å². The van der Waals surface area contributed by atoms with Gasteiger partial charge in [0.2, 0.25) is 0 Å². The summed E-state index contributed by atoms with van der Waals surface area (Å²) in [5, 5.41) is 10.1. The Balaban J connectivity index is 2.27. The van der Waals surface area contributed by atoms with Gasteiger partial charge in [-0.05, 0) is 12.1 Å².